The first-order valence-electron chi connectivity index (χ1n) is 7.76. The highest BCUT2D eigenvalue weighted by molar-refractivity contribution is 5.24. The number of aromatic nitrogens is 3. The lowest BCUT2D eigenvalue weighted by atomic mass is 10.1. The summed E-state index contributed by atoms with van der Waals surface area (Å²) in [6, 6.07) is 2.79. The fourth-order valence-electron chi connectivity index (χ4n) is 2.81. The van der Waals surface area contributed by atoms with E-state index in [0.717, 1.165) is 42.1 Å². The van der Waals surface area contributed by atoms with Crippen LogP contribution in [-0.4, -0.2) is 14.9 Å². The van der Waals surface area contributed by atoms with Crippen LogP contribution in [0.2, 0.25) is 0 Å². The number of nitrogens with one attached hydrogen (secondary N) is 1. The Morgan fingerprint density at radius 3 is 2.57 bits per heavy atom. The summed E-state index contributed by atoms with van der Waals surface area (Å²) in [7, 11) is 0. The zero-order valence-corrected chi connectivity index (χ0v) is 13.7. The minimum Gasteiger partial charge on any atom is -0.361 e. The number of hydrogen-bond acceptors (Lipinski definition) is 4. The zero-order chi connectivity index (χ0) is 15.4. The van der Waals surface area contributed by atoms with Gasteiger partial charge in [0, 0.05) is 24.3 Å². The second-order valence-corrected chi connectivity index (χ2v) is 5.60. The van der Waals surface area contributed by atoms with Crippen molar-refractivity contribution >= 4 is 0 Å². The van der Waals surface area contributed by atoms with Gasteiger partial charge >= 0.3 is 0 Å². The lowest BCUT2D eigenvalue weighted by molar-refractivity contribution is 0.390. The van der Waals surface area contributed by atoms with Crippen LogP contribution >= 0.6 is 0 Å². The molecule has 2 heterocycles. The van der Waals surface area contributed by atoms with Crippen molar-refractivity contribution in [1.82, 2.24) is 20.3 Å². The van der Waals surface area contributed by atoms with Crippen LogP contribution in [-0.2, 0) is 6.54 Å². The largest absolute Gasteiger partial charge is 0.361 e. The molecule has 0 saturated heterocycles. The van der Waals surface area contributed by atoms with Crippen molar-refractivity contribution in [3.63, 3.8) is 0 Å². The molecule has 0 aliphatic rings. The molecule has 0 amide bonds. The molecule has 116 valence electrons. The van der Waals surface area contributed by atoms with Gasteiger partial charge in [-0.25, -0.2) is 0 Å². The van der Waals surface area contributed by atoms with Gasteiger partial charge in [0.25, 0.3) is 0 Å². The molecule has 5 nitrogen and oxygen atoms in total. The number of nitrogens with zero attached hydrogens (tertiary/aromatic N) is 3. The van der Waals surface area contributed by atoms with Gasteiger partial charge in [-0.3, -0.25) is 4.68 Å². The quantitative estimate of drug-likeness (QED) is 0.844. The third-order valence-electron chi connectivity index (χ3n) is 4.09. The monoisotopic (exact) mass is 290 g/mol. The summed E-state index contributed by atoms with van der Waals surface area (Å²) in [4.78, 5) is 0. The SMILES string of the molecule is CCC(CC)n1ccc(CNC(C)c2c(C)noc2C)n1. The Morgan fingerprint density at radius 2 is 2.00 bits per heavy atom. The summed E-state index contributed by atoms with van der Waals surface area (Å²) in [6.45, 7) is 11.2. The molecule has 0 radical (unpaired) electrons. The van der Waals surface area contributed by atoms with Crippen LogP contribution in [0.15, 0.2) is 16.8 Å². The maximum atomic E-state index is 5.22. The van der Waals surface area contributed by atoms with Gasteiger partial charge in [0.05, 0.1) is 17.4 Å². The van der Waals surface area contributed by atoms with E-state index in [4.69, 9.17) is 4.52 Å². The van der Waals surface area contributed by atoms with E-state index in [-0.39, 0.29) is 6.04 Å². The van der Waals surface area contributed by atoms with Crippen molar-refractivity contribution in [2.45, 2.75) is 66.1 Å². The second-order valence-electron chi connectivity index (χ2n) is 5.60. The standard InChI is InChI=1S/C16H26N4O/c1-6-15(7-2)20-9-8-14(18-20)10-17-11(3)16-12(4)19-21-13(16)5/h8-9,11,15,17H,6-7,10H2,1-5H3. The fourth-order valence-corrected chi connectivity index (χ4v) is 2.81. The highest BCUT2D eigenvalue weighted by Crippen LogP contribution is 2.21. The van der Waals surface area contributed by atoms with Crippen molar-refractivity contribution in [3.8, 4) is 0 Å². The van der Waals surface area contributed by atoms with Crippen molar-refractivity contribution in [1.29, 1.82) is 0 Å². The van der Waals surface area contributed by atoms with E-state index in [1.54, 1.807) is 0 Å². The van der Waals surface area contributed by atoms with E-state index in [1.165, 1.54) is 0 Å². The summed E-state index contributed by atoms with van der Waals surface area (Å²) in [5.41, 5.74) is 3.17. The first-order valence-corrected chi connectivity index (χ1v) is 7.76. The molecular formula is C16H26N4O. The number of aryl methyl sites for hydroxylation is 2. The molecule has 1 N–H and O–H groups in total. The van der Waals surface area contributed by atoms with Gasteiger partial charge in [-0.15, -0.1) is 0 Å². The van der Waals surface area contributed by atoms with E-state index in [1.807, 2.05) is 13.8 Å². The topological polar surface area (TPSA) is 55.9 Å². The molecule has 0 aliphatic carbocycles. The van der Waals surface area contributed by atoms with Crippen LogP contribution in [0.1, 0.15) is 68.4 Å². The van der Waals surface area contributed by atoms with Crippen molar-refractivity contribution in [3.05, 3.63) is 35.0 Å². The third-order valence-corrected chi connectivity index (χ3v) is 4.09. The average Bonchev–Trinajstić information content (AvgIpc) is 3.05. The minimum absolute atomic E-state index is 0.203. The van der Waals surface area contributed by atoms with Crippen LogP contribution in [0.5, 0.6) is 0 Å². The third kappa shape index (κ3) is 3.53. The van der Waals surface area contributed by atoms with Gasteiger partial charge in [-0.1, -0.05) is 19.0 Å². The highest BCUT2D eigenvalue weighted by atomic mass is 16.5. The van der Waals surface area contributed by atoms with Crippen molar-refractivity contribution < 1.29 is 4.52 Å². The maximum absolute atomic E-state index is 5.22. The average molecular weight is 290 g/mol. The van der Waals surface area contributed by atoms with E-state index >= 15 is 0 Å². The first kappa shape index (κ1) is 15.8. The number of rotatable bonds is 7. The fraction of sp³-hybridized carbons (Fsp3) is 0.625. The molecule has 0 fully saturated rings. The summed E-state index contributed by atoms with van der Waals surface area (Å²) in [6.07, 6.45) is 4.30. The molecule has 1 unspecified atom stereocenters. The minimum atomic E-state index is 0.203. The molecule has 0 aliphatic heterocycles. The molecule has 0 spiro atoms. The van der Waals surface area contributed by atoms with Crippen LogP contribution in [0, 0.1) is 13.8 Å². The van der Waals surface area contributed by atoms with E-state index in [0.29, 0.717) is 6.04 Å². The van der Waals surface area contributed by atoms with Gasteiger partial charge in [-0.2, -0.15) is 5.10 Å². The summed E-state index contributed by atoms with van der Waals surface area (Å²) in [5, 5.41) is 12.2. The Bertz CT molecular complexity index is 549. The molecule has 2 aromatic heterocycles. The van der Waals surface area contributed by atoms with E-state index in [9.17, 15) is 0 Å². The van der Waals surface area contributed by atoms with Crippen molar-refractivity contribution in [2.75, 3.05) is 0 Å². The summed E-state index contributed by atoms with van der Waals surface area (Å²) in [5.74, 6) is 0.884. The molecule has 0 aromatic carbocycles. The normalized spacial score (nSPS) is 13.0. The Labute approximate surface area is 126 Å². The summed E-state index contributed by atoms with van der Waals surface area (Å²) >= 11 is 0. The smallest absolute Gasteiger partial charge is 0.138 e. The Morgan fingerprint density at radius 1 is 1.29 bits per heavy atom. The lowest BCUT2D eigenvalue weighted by Crippen LogP contribution is -2.19. The van der Waals surface area contributed by atoms with Crippen molar-refractivity contribution in [2.24, 2.45) is 0 Å². The zero-order valence-electron chi connectivity index (χ0n) is 13.7. The molecule has 2 aromatic rings. The molecule has 21 heavy (non-hydrogen) atoms. The maximum Gasteiger partial charge on any atom is 0.138 e. The van der Waals surface area contributed by atoms with Crippen LogP contribution < -0.4 is 5.32 Å². The molecule has 5 heteroatoms. The predicted molar refractivity (Wildman–Crippen MR) is 83.1 cm³/mol. The molecule has 2 rings (SSSR count). The highest BCUT2D eigenvalue weighted by Gasteiger charge is 2.16. The Hall–Kier alpha value is -1.62. The van der Waals surface area contributed by atoms with Gasteiger partial charge in [0.15, 0.2) is 0 Å². The first-order chi connectivity index (χ1) is 10.1. The molecular weight excluding hydrogens is 264 g/mol. The van der Waals surface area contributed by atoms with Crippen LogP contribution in [0.4, 0.5) is 0 Å². The molecule has 0 saturated carbocycles. The molecule has 0 bridgehead atoms. The summed E-state index contributed by atoms with van der Waals surface area (Å²) < 4.78 is 7.30. The van der Waals surface area contributed by atoms with Gasteiger partial charge in [0.2, 0.25) is 0 Å². The van der Waals surface area contributed by atoms with Crippen LogP contribution in [0.3, 0.4) is 0 Å². The van der Waals surface area contributed by atoms with Gasteiger partial charge < -0.3 is 9.84 Å². The second kappa shape index (κ2) is 6.89. The lowest BCUT2D eigenvalue weighted by Gasteiger charge is -2.14. The number of hydrogen-bond donors (Lipinski definition) is 1. The van der Waals surface area contributed by atoms with E-state index in [2.05, 4.69) is 53.3 Å². The predicted octanol–water partition coefficient (Wildman–Crippen LogP) is 3.70. The Kier molecular flexibility index (Phi) is 5.17. The van der Waals surface area contributed by atoms with Crippen LogP contribution in [0.25, 0.3) is 0 Å². The van der Waals surface area contributed by atoms with E-state index < -0.39 is 0 Å². The van der Waals surface area contributed by atoms with Gasteiger partial charge in [-0.05, 0) is 39.7 Å². The molecule has 1 atom stereocenters. The van der Waals surface area contributed by atoms with Gasteiger partial charge in [0.1, 0.15) is 5.76 Å². The Balaban J connectivity index is 1.97.